The molecule has 0 aliphatic rings. The monoisotopic (exact) mass is 594 g/mol. The highest BCUT2D eigenvalue weighted by atomic mass is 19.4. The number of carbonyl (C=O) groups is 2. The molecule has 0 radical (unpaired) electrons. The number of carbonyl (C=O) groups excluding carboxylic acids is 2. The zero-order valence-electron chi connectivity index (χ0n) is 21.9. The molecule has 0 aliphatic carbocycles. The van der Waals surface area contributed by atoms with Crippen LogP contribution in [-0.2, 0) is 28.5 Å². The van der Waals surface area contributed by atoms with Gasteiger partial charge in [-0.1, -0.05) is 6.58 Å². The molecule has 2 N–H and O–H groups in total. The average molecular weight is 594 g/mol. The van der Waals surface area contributed by atoms with E-state index < -0.39 is 85.2 Å². The summed E-state index contributed by atoms with van der Waals surface area (Å²) in [7, 11) is 0. The number of rotatable bonds is 13. The summed E-state index contributed by atoms with van der Waals surface area (Å²) in [6.45, 7) is 4.05. The molecule has 0 aromatic rings. The lowest BCUT2D eigenvalue weighted by molar-refractivity contribution is -0.382. The first-order chi connectivity index (χ1) is 17.0. The zero-order chi connectivity index (χ0) is 31.5. The highest BCUT2D eigenvalue weighted by Gasteiger charge is 2.71. The van der Waals surface area contributed by atoms with Crippen molar-refractivity contribution < 1.29 is 78.3 Å². The number of halogens is 9. The fraction of sp³-hybridized carbons (Fsp3) is 0.818. The van der Waals surface area contributed by atoms with Gasteiger partial charge in [-0.15, -0.1) is 0 Å². The standard InChI is InChI=1S/C22H31F9O8/c1-12(2)15(33)36-9-14(32)39-13(17(5,6)38-10-18(7,34)20(23,24)25)8-16(3,4)37-11-19(35,21(26,27)28)22(29,30)31/h13,34-35H,1,8-11H2,2-7H3. The van der Waals surface area contributed by atoms with Crippen LogP contribution in [-0.4, -0.2) is 89.0 Å². The molecular weight excluding hydrogens is 563 g/mol. The Bertz CT molecular complexity index is 860. The van der Waals surface area contributed by atoms with Crippen molar-refractivity contribution in [2.75, 3.05) is 19.8 Å². The van der Waals surface area contributed by atoms with Crippen molar-refractivity contribution >= 4 is 11.9 Å². The van der Waals surface area contributed by atoms with Crippen molar-refractivity contribution in [1.82, 2.24) is 0 Å². The van der Waals surface area contributed by atoms with Gasteiger partial charge >= 0.3 is 30.5 Å². The maximum absolute atomic E-state index is 13.0. The van der Waals surface area contributed by atoms with Gasteiger partial charge in [-0.05, 0) is 41.5 Å². The molecule has 230 valence electrons. The molecule has 0 bridgehead atoms. The van der Waals surface area contributed by atoms with Crippen molar-refractivity contribution in [3.8, 4) is 0 Å². The lowest BCUT2D eigenvalue weighted by atomic mass is 9.89. The van der Waals surface area contributed by atoms with E-state index in [-0.39, 0.29) is 5.57 Å². The maximum Gasteiger partial charge on any atom is 0.428 e. The molecule has 0 spiro atoms. The predicted octanol–water partition coefficient (Wildman–Crippen LogP) is 4.17. The van der Waals surface area contributed by atoms with Gasteiger partial charge in [0.25, 0.3) is 5.60 Å². The molecule has 0 aliphatic heterocycles. The Labute approximate surface area is 218 Å². The smallest absolute Gasteiger partial charge is 0.428 e. The summed E-state index contributed by atoms with van der Waals surface area (Å²) in [4.78, 5) is 23.8. The Hall–Kier alpha value is -2.11. The highest BCUT2D eigenvalue weighted by Crippen LogP contribution is 2.44. The van der Waals surface area contributed by atoms with E-state index in [1.54, 1.807) is 0 Å². The van der Waals surface area contributed by atoms with Gasteiger partial charge < -0.3 is 29.2 Å². The molecular formula is C22H31F9O8. The van der Waals surface area contributed by atoms with Crippen LogP contribution in [0.5, 0.6) is 0 Å². The Balaban J connectivity index is 6.01. The number of hydrogen-bond acceptors (Lipinski definition) is 8. The second-order valence-electron chi connectivity index (χ2n) is 10.1. The lowest BCUT2D eigenvalue weighted by Gasteiger charge is -2.41. The molecule has 0 saturated carbocycles. The second-order valence-corrected chi connectivity index (χ2v) is 10.1. The third-order valence-electron chi connectivity index (χ3n) is 5.34. The summed E-state index contributed by atoms with van der Waals surface area (Å²) in [5.74, 6) is -2.35. The van der Waals surface area contributed by atoms with Gasteiger partial charge in [0.1, 0.15) is 6.10 Å². The molecule has 17 heteroatoms. The summed E-state index contributed by atoms with van der Waals surface area (Å²) in [5, 5.41) is 19.0. The van der Waals surface area contributed by atoms with Crippen LogP contribution in [0.15, 0.2) is 12.2 Å². The molecule has 0 fully saturated rings. The number of ether oxygens (including phenoxy) is 4. The van der Waals surface area contributed by atoms with Crippen LogP contribution in [0.4, 0.5) is 39.5 Å². The highest BCUT2D eigenvalue weighted by molar-refractivity contribution is 5.88. The molecule has 0 heterocycles. The van der Waals surface area contributed by atoms with Gasteiger partial charge in [-0.25, -0.2) is 9.59 Å². The van der Waals surface area contributed by atoms with E-state index in [2.05, 4.69) is 11.3 Å². The van der Waals surface area contributed by atoms with Crippen LogP contribution < -0.4 is 0 Å². The third-order valence-corrected chi connectivity index (χ3v) is 5.34. The number of aliphatic hydroxyl groups is 2. The van der Waals surface area contributed by atoms with Crippen molar-refractivity contribution in [3.63, 3.8) is 0 Å². The van der Waals surface area contributed by atoms with Gasteiger partial charge in [-0.3, -0.25) is 0 Å². The first-order valence-electron chi connectivity index (χ1n) is 10.9. The van der Waals surface area contributed by atoms with Gasteiger partial charge in [0.2, 0.25) is 0 Å². The minimum Gasteiger partial charge on any atom is -0.457 e. The number of hydrogen-bond donors (Lipinski definition) is 2. The van der Waals surface area contributed by atoms with Crippen molar-refractivity contribution in [2.24, 2.45) is 0 Å². The molecule has 0 aromatic carbocycles. The SMILES string of the molecule is C=C(C)C(=O)OCC(=O)OC(CC(C)(C)OCC(O)(C(F)(F)F)C(F)(F)F)C(C)(C)OCC(C)(O)C(F)(F)F. The molecule has 39 heavy (non-hydrogen) atoms. The molecule has 2 atom stereocenters. The van der Waals surface area contributed by atoms with Crippen LogP contribution in [0.25, 0.3) is 0 Å². The summed E-state index contributed by atoms with van der Waals surface area (Å²) in [6.07, 6.45) is -20.1. The molecule has 0 rings (SSSR count). The average Bonchev–Trinajstić information content (AvgIpc) is 2.71. The van der Waals surface area contributed by atoms with Crippen LogP contribution in [0.3, 0.4) is 0 Å². The summed E-state index contributed by atoms with van der Waals surface area (Å²) in [5.41, 5.74) is -12.9. The Kier molecular flexibility index (Phi) is 11.5. The predicted molar refractivity (Wildman–Crippen MR) is 114 cm³/mol. The van der Waals surface area contributed by atoms with E-state index in [9.17, 15) is 59.3 Å². The van der Waals surface area contributed by atoms with Gasteiger partial charge in [0.15, 0.2) is 12.2 Å². The first-order valence-corrected chi connectivity index (χ1v) is 10.9. The van der Waals surface area contributed by atoms with Crippen LogP contribution in [0.2, 0.25) is 0 Å². The Morgan fingerprint density at radius 2 is 1.26 bits per heavy atom. The number of alkyl halides is 9. The normalized spacial score (nSPS) is 16.3. The minimum absolute atomic E-state index is 0.117. The maximum atomic E-state index is 13.0. The van der Waals surface area contributed by atoms with Crippen molar-refractivity contribution in [2.45, 2.75) is 95.0 Å². The van der Waals surface area contributed by atoms with Gasteiger partial charge in [0, 0.05) is 12.0 Å². The largest absolute Gasteiger partial charge is 0.457 e. The Morgan fingerprint density at radius 1 is 0.795 bits per heavy atom. The summed E-state index contributed by atoms with van der Waals surface area (Å²) in [6, 6.07) is 0. The van der Waals surface area contributed by atoms with E-state index >= 15 is 0 Å². The molecule has 2 unspecified atom stereocenters. The fourth-order valence-corrected chi connectivity index (χ4v) is 2.50. The zero-order valence-corrected chi connectivity index (χ0v) is 21.9. The van der Waals surface area contributed by atoms with E-state index in [0.717, 1.165) is 27.7 Å². The van der Waals surface area contributed by atoms with Crippen LogP contribution in [0.1, 0.15) is 48.0 Å². The van der Waals surface area contributed by atoms with Gasteiger partial charge in [-0.2, -0.15) is 39.5 Å². The molecule has 0 saturated heterocycles. The topological polar surface area (TPSA) is 112 Å². The van der Waals surface area contributed by atoms with E-state index in [4.69, 9.17) is 14.2 Å². The van der Waals surface area contributed by atoms with Crippen molar-refractivity contribution in [1.29, 1.82) is 0 Å². The quantitative estimate of drug-likeness (QED) is 0.186. The fourth-order valence-electron chi connectivity index (χ4n) is 2.50. The number of esters is 2. The van der Waals surface area contributed by atoms with E-state index in [1.165, 1.54) is 6.92 Å². The minimum atomic E-state index is -6.20. The third kappa shape index (κ3) is 10.4. The van der Waals surface area contributed by atoms with Crippen molar-refractivity contribution in [3.05, 3.63) is 12.2 Å². The summed E-state index contributed by atoms with van der Waals surface area (Å²) < 4.78 is 137. The second kappa shape index (κ2) is 12.2. The van der Waals surface area contributed by atoms with Crippen LogP contribution >= 0.6 is 0 Å². The van der Waals surface area contributed by atoms with E-state index in [1.807, 2.05) is 0 Å². The molecule has 0 aromatic heterocycles. The van der Waals surface area contributed by atoms with Gasteiger partial charge in [0.05, 0.1) is 24.4 Å². The summed E-state index contributed by atoms with van der Waals surface area (Å²) >= 11 is 0. The molecule has 0 amide bonds. The lowest BCUT2D eigenvalue weighted by Crippen LogP contribution is -2.61. The van der Waals surface area contributed by atoms with Crippen LogP contribution in [0, 0.1) is 0 Å². The Morgan fingerprint density at radius 3 is 1.64 bits per heavy atom. The van der Waals surface area contributed by atoms with E-state index in [0.29, 0.717) is 6.92 Å². The molecule has 8 nitrogen and oxygen atoms in total. The first kappa shape index (κ1) is 36.9.